The highest BCUT2D eigenvalue weighted by atomic mass is 35.5. The van der Waals surface area contributed by atoms with E-state index in [1.165, 1.54) is 0 Å². The SMILES string of the molecule is N#CNC(=NCCCCCCOc1ccc(Cl)cc1)Nc1cc[n+](COC(=O)OCCOC2CCNCC2)cc1.[Cl-]. The summed E-state index contributed by atoms with van der Waals surface area (Å²) < 4.78 is 23.3. The van der Waals surface area contributed by atoms with Crippen LogP contribution in [0.25, 0.3) is 0 Å². The van der Waals surface area contributed by atoms with E-state index in [2.05, 4.69) is 20.9 Å². The number of anilines is 1. The maximum Gasteiger partial charge on any atom is 0.513 e. The zero-order valence-electron chi connectivity index (χ0n) is 23.0. The first-order valence-corrected chi connectivity index (χ1v) is 14.0. The highest BCUT2D eigenvalue weighted by Gasteiger charge is 2.14. The Hall–Kier alpha value is -3.30. The Bertz CT molecular complexity index is 1080. The Morgan fingerprint density at radius 1 is 1.02 bits per heavy atom. The molecule has 1 aliphatic heterocycles. The van der Waals surface area contributed by atoms with Crippen LogP contribution in [0.5, 0.6) is 5.75 Å². The summed E-state index contributed by atoms with van der Waals surface area (Å²) in [6.45, 7) is 3.66. The lowest BCUT2D eigenvalue weighted by molar-refractivity contribution is -0.727. The van der Waals surface area contributed by atoms with Gasteiger partial charge in [-0.3, -0.25) is 10.3 Å². The van der Waals surface area contributed by atoms with Gasteiger partial charge in [0.15, 0.2) is 18.6 Å². The van der Waals surface area contributed by atoms with Crippen molar-refractivity contribution in [3.05, 3.63) is 53.8 Å². The number of rotatable bonds is 15. The van der Waals surface area contributed by atoms with Crippen molar-refractivity contribution in [1.82, 2.24) is 10.6 Å². The smallest absolute Gasteiger partial charge is 0.513 e. The van der Waals surface area contributed by atoms with E-state index in [9.17, 15) is 4.79 Å². The third kappa shape index (κ3) is 14.8. The van der Waals surface area contributed by atoms with Gasteiger partial charge in [0.1, 0.15) is 12.4 Å². The van der Waals surface area contributed by atoms with Crippen molar-refractivity contribution in [3.63, 3.8) is 0 Å². The van der Waals surface area contributed by atoms with Crippen molar-refractivity contribution in [3.8, 4) is 11.9 Å². The minimum absolute atomic E-state index is 0. The molecule has 13 heteroatoms. The van der Waals surface area contributed by atoms with Gasteiger partial charge in [-0.25, -0.2) is 4.79 Å². The minimum Gasteiger partial charge on any atom is -1.00 e. The number of unbranched alkanes of at least 4 members (excludes halogenated alkanes) is 3. The standard InChI is InChI=1S/C28H37ClN6O5.ClH/c29-23-5-7-25(8-6-23)37-18-4-2-1-3-13-32-27(33-21-30)34-24-11-16-35(17-12-24)22-40-28(36)39-20-19-38-26-9-14-31-15-10-26;/h5-8,11-12,16-17,26,31H,1-4,9-10,13-15,18-20,22H2,(H,32,33);1H. The molecule has 1 aromatic heterocycles. The number of hydrogen-bond acceptors (Lipinski definition) is 8. The predicted molar refractivity (Wildman–Crippen MR) is 151 cm³/mol. The molecule has 11 nitrogen and oxygen atoms in total. The molecular weight excluding hydrogens is 571 g/mol. The molecule has 0 radical (unpaired) electrons. The molecule has 1 aromatic carbocycles. The normalized spacial score (nSPS) is 13.4. The summed E-state index contributed by atoms with van der Waals surface area (Å²) in [5, 5.41) is 18.7. The van der Waals surface area contributed by atoms with Gasteiger partial charge < -0.3 is 42.0 Å². The summed E-state index contributed by atoms with van der Waals surface area (Å²) in [4.78, 5) is 16.3. The molecule has 0 spiro atoms. The van der Waals surface area contributed by atoms with Crippen molar-refractivity contribution in [2.24, 2.45) is 4.99 Å². The molecule has 3 N–H and O–H groups in total. The fraction of sp³-hybridized carbons (Fsp3) is 0.500. The largest absolute Gasteiger partial charge is 1.00 e. The van der Waals surface area contributed by atoms with E-state index >= 15 is 0 Å². The molecule has 0 bridgehead atoms. The molecule has 0 aliphatic carbocycles. The van der Waals surface area contributed by atoms with Gasteiger partial charge in [-0.2, -0.15) is 9.83 Å². The maximum atomic E-state index is 11.8. The van der Waals surface area contributed by atoms with Crippen LogP contribution < -0.4 is 37.7 Å². The molecule has 0 unspecified atom stereocenters. The van der Waals surface area contributed by atoms with E-state index in [1.54, 1.807) is 29.1 Å². The zero-order chi connectivity index (χ0) is 28.3. The van der Waals surface area contributed by atoms with Crippen LogP contribution in [0, 0.1) is 11.5 Å². The number of aliphatic imine (C=N–C) groups is 1. The summed E-state index contributed by atoms with van der Waals surface area (Å²) in [7, 11) is 0. The second kappa shape index (κ2) is 20.6. The number of guanidine groups is 1. The van der Waals surface area contributed by atoms with E-state index in [1.807, 2.05) is 30.5 Å². The van der Waals surface area contributed by atoms with Gasteiger partial charge in [0.25, 0.3) is 6.73 Å². The molecule has 2 heterocycles. The van der Waals surface area contributed by atoms with Crippen LogP contribution in [0.4, 0.5) is 10.5 Å². The number of nitrogens with zero attached hydrogens (tertiary/aromatic N) is 3. The number of carbonyl (C=O) groups excluding carboxylic acids is 1. The van der Waals surface area contributed by atoms with Gasteiger partial charge >= 0.3 is 6.16 Å². The van der Waals surface area contributed by atoms with Crippen LogP contribution in [-0.4, -0.2) is 57.7 Å². The monoisotopic (exact) mass is 608 g/mol. The molecule has 0 saturated carbocycles. The van der Waals surface area contributed by atoms with Gasteiger partial charge in [-0.05, 0) is 69.5 Å². The van der Waals surface area contributed by atoms with Gasteiger partial charge in [0.05, 0.1) is 25.0 Å². The Labute approximate surface area is 252 Å². The number of halogens is 2. The number of piperidine rings is 1. The van der Waals surface area contributed by atoms with Crippen LogP contribution >= 0.6 is 11.6 Å². The average molecular weight is 610 g/mol. The van der Waals surface area contributed by atoms with E-state index in [4.69, 9.17) is 35.8 Å². The van der Waals surface area contributed by atoms with Crippen LogP contribution in [0.15, 0.2) is 53.8 Å². The number of hydrogen-bond donors (Lipinski definition) is 3. The van der Waals surface area contributed by atoms with Crippen LogP contribution in [0.3, 0.4) is 0 Å². The van der Waals surface area contributed by atoms with Crippen molar-refractivity contribution in [2.75, 3.05) is 44.8 Å². The number of ether oxygens (including phenoxy) is 4. The molecule has 2 aromatic rings. The molecule has 41 heavy (non-hydrogen) atoms. The van der Waals surface area contributed by atoms with Crippen LogP contribution in [-0.2, 0) is 20.9 Å². The molecule has 0 amide bonds. The Morgan fingerprint density at radius 2 is 1.76 bits per heavy atom. The number of nitriles is 1. The third-order valence-electron chi connectivity index (χ3n) is 6.01. The predicted octanol–water partition coefficient (Wildman–Crippen LogP) is 0.989. The fourth-order valence-electron chi connectivity index (χ4n) is 3.88. The van der Waals surface area contributed by atoms with Crippen molar-refractivity contribution in [1.29, 1.82) is 5.26 Å². The third-order valence-corrected chi connectivity index (χ3v) is 6.26. The lowest BCUT2D eigenvalue weighted by Gasteiger charge is -2.22. The Balaban J connectivity index is 0.00000588. The fourth-order valence-corrected chi connectivity index (χ4v) is 4.00. The molecule has 3 rings (SSSR count). The summed E-state index contributed by atoms with van der Waals surface area (Å²) in [6, 6.07) is 10.9. The minimum atomic E-state index is -0.745. The number of aromatic nitrogens is 1. The topological polar surface area (TPSA) is 130 Å². The first-order valence-electron chi connectivity index (χ1n) is 13.6. The van der Waals surface area contributed by atoms with Gasteiger partial charge in [-0.15, -0.1) is 0 Å². The number of pyridine rings is 1. The molecule has 224 valence electrons. The number of benzene rings is 1. The summed E-state index contributed by atoms with van der Waals surface area (Å²) in [6.07, 6.45) is 10.7. The Morgan fingerprint density at radius 3 is 2.49 bits per heavy atom. The first-order chi connectivity index (χ1) is 19.6. The number of carbonyl (C=O) groups is 1. The molecule has 1 saturated heterocycles. The molecule has 0 atom stereocenters. The zero-order valence-corrected chi connectivity index (χ0v) is 24.5. The summed E-state index contributed by atoms with van der Waals surface area (Å²) >= 11 is 5.88. The lowest BCUT2D eigenvalue weighted by Crippen LogP contribution is -3.00. The maximum absolute atomic E-state index is 11.8. The quantitative estimate of drug-likeness (QED) is 0.0515. The second-order valence-corrected chi connectivity index (χ2v) is 9.54. The van der Waals surface area contributed by atoms with Gasteiger partial charge in [-0.1, -0.05) is 18.0 Å². The number of nitrogens with one attached hydrogen (secondary N) is 3. The van der Waals surface area contributed by atoms with Crippen molar-refractivity contribution < 1.29 is 40.7 Å². The van der Waals surface area contributed by atoms with Crippen molar-refractivity contribution in [2.45, 2.75) is 51.4 Å². The van der Waals surface area contributed by atoms with Gasteiger partial charge in [0.2, 0.25) is 5.96 Å². The van der Waals surface area contributed by atoms with E-state index < -0.39 is 6.16 Å². The highest BCUT2D eigenvalue weighted by molar-refractivity contribution is 6.30. The van der Waals surface area contributed by atoms with Gasteiger partial charge in [0, 0.05) is 23.7 Å². The van der Waals surface area contributed by atoms with E-state index in [0.717, 1.165) is 63.1 Å². The highest BCUT2D eigenvalue weighted by Crippen LogP contribution is 2.16. The van der Waals surface area contributed by atoms with Crippen LogP contribution in [0.1, 0.15) is 38.5 Å². The van der Waals surface area contributed by atoms with Crippen LogP contribution in [0.2, 0.25) is 5.02 Å². The molecule has 1 fully saturated rings. The molecule has 1 aliphatic rings. The lowest BCUT2D eigenvalue weighted by atomic mass is 10.1. The Kier molecular flexibility index (Phi) is 17.0. The average Bonchev–Trinajstić information content (AvgIpc) is 2.98. The summed E-state index contributed by atoms with van der Waals surface area (Å²) in [5.74, 6) is 1.19. The second-order valence-electron chi connectivity index (χ2n) is 9.10. The van der Waals surface area contributed by atoms with E-state index in [-0.39, 0.29) is 31.8 Å². The first kappa shape index (κ1) is 33.9. The molecular formula is C28H38Cl2N6O5. The van der Waals surface area contributed by atoms with Crippen molar-refractivity contribution >= 4 is 29.4 Å². The summed E-state index contributed by atoms with van der Waals surface area (Å²) in [5.41, 5.74) is 0.731. The van der Waals surface area contributed by atoms with E-state index in [0.29, 0.717) is 30.7 Å².